The van der Waals surface area contributed by atoms with Crippen molar-refractivity contribution in [1.82, 2.24) is 4.90 Å². The topological polar surface area (TPSA) is 46.3 Å². The Bertz CT molecular complexity index is 509. The van der Waals surface area contributed by atoms with Gasteiger partial charge in [-0.25, -0.2) is 0 Å². The van der Waals surface area contributed by atoms with Crippen LogP contribution >= 0.6 is 0 Å². The van der Waals surface area contributed by atoms with Gasteiger partial charge >= 0.3 is 12.4 Å². The van der Waals surface area contributed by atoms with E-state index in [-0.39, 0.29) is 4.90 Å². The molecule has 0 radical (unpaired) electrons. The molecule has 0 spiro atoms. The Hall–Kier alpha value is -1.93. The van der Waals surface area contributed by atoms with Gasteiger partial charge in [0, 0.05) is 18.3 Å². The maximum atomic E-state index is 12.6. The molecular formula is C11H10F6N2O. The first-order chi connectivity index (χ1) is 8.92. The highest BCUT2D eigenvalue weighted by molar-refractivity contribution is 5.94. The summed E-state index contributed by atoms with van der Waals surface area (Å²) in [5.74, 6) is -1.17. The molecule has 0 saturated carbocycles. The van der Waals surface area contributed by atoms with Crippen LogP contribution < -0.4 is 5.73 Å². The van der Waals surface area contributed by atoms with E-state index in [0.29, 0.717) is 6.07 Å². The van der Waals surface area contributed by atoms with Crippen LogP contribution in [0.1, 0.15) is 15.9 Å². The Morgan fingerprint density at radius 2 is 1.75 bits per heavy atom. The number of rotatable bonds is 2. The Balaban J connectivity index is 3.06. The van der Waals surface area contributed by atoms with Crippen LogP contribution in [0.4, 0.5) is 32.0 Å². The minimum absolute atomic E-state index is 0.283. The number of alkyl halides is 6. The SMILES string of the molecule is CN(CC(F)(F)F)C(=O)c1ccc(N)c(C(F)(F)F)c1. The van der Waals surface area contributed by atoms with Crippen LogP contribution in [-0.2, 0) is 6.18 Å². The van der Waals surface area contributed by atoms with Crippen molar-refractivity contribution in [3.8, 4) is 0 Å². The quantitative estimate of drug-likeness (QED) is 0.674. The number of nitrogens with two attached hydrogens (primary N) is 1. The summed E-state index contributed by atoms with van der Waals surface area (Å²) in [6.45, 7) is -1.56. The smallest absolute Gasteiger partial charge is 0.398 e. The van der Waals surface area contributed by atoms with Gasteiger partial charge < -0.3 is 10.6 Å². The number of hydrogen-bond acceptors (Lipinski definition) is 2. The summed E-state index contributed by atoms with van der Waals surface area (Å²) >= 11 is 0. The molecule has 9 heteroatoms. The molecule has 0 atom stereocenters. The zero-order valence-corrected chi connectivity index (χ0v) is 10.1. The van der Waals surface area contributed by atoms with Crippen molar-refractivity contribution >= 4 is 11.6 Å². The van der Waals surface area contributed by atoms with Crippen LogP contribution in [0.15, 0.2) is 18.2 Å². The monoisotopic (exact) mass is 300 g/mol. The second kappa shape index (κ2) is 5.22. The largest absolute Gasteiger partial charge is 0.418 e. The third-order valence-corrected chi connectivity index (χ3v) is 2.37. The first-order valence-corrected chi connectivity index (χ1v) is 5.21. The highest BCUT2D eigenvalue weighted by atomic mass is 19.4. The predicted octanol–water partition coefficient (Wildman–Crippen LogP) is 2.92. The van der Waals surface area contributed by atoms with Gasteiger partial charge in [0.25, 0.3) is 5.91 Å². The summed E-state index contributed by atoms with van der Waals surface area (Å²) in [6.07, 6.45) is -9.42. The molecule has 1 aromatic carbocycles. The van der Waals surface area contributed by atoms with Gasteiger partial charge in [-0.2, -0.15) is 26.3 Å². The first kappa shape index (κ1) is 16.1. The van der Waals surface area contributed by atoms with Gasteiger partial charge in [0.15, 0.2) is 0 Å². The standard InChI is InChI=1S/C11H10F6N2O/c1-19(5-10(12,13)14)9(20)6-2-3-8(18)7(4-6)11(15,16)17/h2-4H,5,18H2,1H3. The Kier molecular flexibility index (Phi) is 4.21. The molecule has 0 fully saturated rings. The van der Waals surface area contributed by atoms with Gasteiger partial charge in [-0.05, 0) is 18.2 Å². The number of carbonyl (C=O) groups excluding carboxylic acids is 1. The number of benzene rings is 1. The normalized spacial score (nSPS) is 12.3. The van der Waals surface area contributed by atoms with Gasteiger partial charge in [-0.3, -0.25) is 4.79 Å². The van der Waals surface area contributed by atoms with Crippen molar-refractivity contribution < 1.29 is 31.1 Å². The molecule has 0 unspecified atom stereocenters. The molecule has 2 N–H and O–H groups in total. The van der Waals surface area contributed by atoms with Crippen LogP contribution in [0, 0.1) is 0 Å². The molecule has 20 heavy (non-hydrogen) atoms. The van der Waals surface area contributed by atoms with E-state index in [0.717, 1.165) is 19.2 Å². The van der Waals surface area contributed by atoms with E-state index < -0.39 is 41.6 Å². The van der Waals surface area contributed by atoms with Crippen LogP contribution in [-0.4, -0.2) is 30.6 Å². The highest BCUT2D eigenvalue weighted by Gasteiger charge is 2.35. The van der Waals surface area contributed by atoms with E-state index in [1.807, 2.05) is 0 Å². The summed E-state index contributed by atoms with van der Waals surface area (Å²) < 4.78 is 74.1. The average Bonchev–Trinajstić information content (AvgIpc) is 2.24. The minimum atomic E-state index is -4.79. The van der Waals surface area contributed by atoms with Crippen molar-refractivity contribution in [1.29, 1.82) is 0 Å². The molecule has 0 heterocycles. The van der Waals surface area contributed by atoms with Gasteiger partial charge in [-0.15, -0.1) is 0 Å². The van der Waals surface area contributed by atoms with Crippen molar-refractivity contribution in [3.05, 3.63) is 29.3 Å². The molecule has 0 aliphatic carbocycles. The van der Waals surface area contributed by atoms with E-state index in [4.69, 9.17) is 5.73 Å². The average molecular weight is 300 g/mol. The lowest BCUT2D eigenvalue weighted by Crippen LogP contribution is -2.35. The van der Waals surface area contributed by atoms with Crippen LogP contribution in [0.3, 0.4) is 0 Å². The fraction of sp³-hybridized carbons (Fsp3) is 0.364. The van der Waals surface area contributed by atoms with Crippen molar-refractivity contribution in [2.24, 2.45) is 0 Å². The van der Waals surface area contributed by atoms with Crippen LogP contribution in [0.5, 0.6) is 0 Å². The van der Waals surface area contributed by atoms with Crippen molar-refractivity contribution in [2.75, 3.05) is 19.3 Å². The fourth-order valence-electron chi connectivity index (χ4n) is 1.50. The molecule has 1 aromatic rings. The van der Waals surface area contributed by atoms with E-state index in [1.54, 1.807) is 0 Å². The second-order valence-electron chi connectivity index (χ2n) is 4.08. The van der Waals surface area contributed by atoms with E-state index in [9.17, 15) is 31.1 Å². The highest BCUT2D eigenvalue weighted by Crippen LogP contribution is 2.34. The molecule has 0 bridgehead atoms. The van der Waals surface area contributed by atoms with E-state index in [2.05, 4.69) is 0 Å². The number of amides is 1. The number of carbonyl (C=O) groups is 1. The third kappa shape index (κ3) is 4.04. The number of hydrogen-bond donors (Lipinski definition) is 1. The molecule has 0 aliphatic heterocycles. The molecular weight excluding hydrogens is 290 g/mol. The molecule has 1 amide bonds. The number of anilines is 1. The van der Waals surface area contributed by atoms with Crippen molar-refractivity contribution in [3.63, 3.8) is 0 Å². The Labute approximate surface area is 110 Å². The van der Waals surface area contributed by atoms with E-state index in [1.165, 1.54) is 0 Å². The van der Waals surface area contributed by atoms with Crippen LogP contribution in [0.25, 0.3) is 0 Å². The summed E-state index contributed by atoms with van der Waals surface area (Å²) in [6, 6.07) is 2.21. The second-order valence-corrected chi connectivity index (χ2v) is 4.08. The third-order valence-electron chi connectivity index (χ3n) is 2.37. The lowest BCUT2D eigenvalue weighted by molar-refractivity contribution is -0.139. The molecule has 112 valence electrons. The molecule has 1 rings (SSSR count). The molecule has 0 aromatic heterocycles. The fourth-order valence-corrected chi connectivity index (χ4v) is 1.50. The number of halogens is 6. The Morgan fingerprint density at radius 1 is 1.20 bits per heavy atom. The van der Waals surface area contributed by atoms with Crippen molar-refractivity contribution in [2.45, 2.75) is 12.4 Å². The zero-order valence-electron chi connectivity index (χ0n) is 10.1. The van der Waals surface area contributed by atoms with Gasteiger partial charge in [0.1, 0.15) is 6.54 Å². The summed E-state index contributed by atoms with van der Waals surface area (Å²) in [7, 11) is 0.847. The molecule has 3 nitrogen and oxygen atoms in total. The number of nitrogen functional groups attached to an aromatic ring is 1. The predicted molar refractivity (Wildman–Crippen MR) is 58.9 cm³/mol. The maximum absolute atomic E-state index is 12.6. The van der Waals surface area contributed by atoms with Gasteiger partial charge in [-0.1, -0.05) is 0 Å². The summed E-state index contributed by atoms with van der Waals surface area (Å²) in [5.41, 5.74) is 2.75. The number of nitrogens with zero attached hydrogens (tertiary/aromatic N) is 1. The van der Waals surface area contributed by atoms with E-state index >= 15 is 0 Å². The lowest BCUT2D eigenvalue weighted by atomic mass is 10.1. The molecule has 0 saturated heterocycles. The van der Waals surface area contributed by atoms with Crippen LogP contribution in [0.2, 0.25) is 0 Å². The zero-order chi connectivity index (χ0) is 15.7. The Morgan fingerprint density at radius 3 is 2.20 bits per heavy atom. The first-order valence-electron chi connectivity index (χ1n) is 5.21. The van der Waals surface area contributed by atoms with Gasteiger partial charge in [0.05, 0.1) is 5.56 Å². The minimum Gasteiger partial charge on any atom is -0.398 e. The lowest BCUT2D eigenvalue weighted by Gasteiger charge is -2.20. The maximum Gasteiger partial charge on any atom is 0.418 e. The summed E-state index contributed by atoms with van der Waals surface area (Å²) in [5, 5.41) is 0. The molecule has 0 aliphatic rings. The summed E-state index contributed by atoms with van der Waals surface area (Å²) in [4.78, 5) is 11.9. The van der Waals surface area contributed by atoms with Gasteiger partial charge in [0.2, 0.25) is 0 Å².